The second-order valence-corrected chi connectivity index (χ2v) is 2.16. The zero-order chi connectivity index (χ0) is 7.68. The van der Waals surface area contributed by atoms with Crippen molar-refractivity contribution in [3.05, 3.63) is 40.8 Å². The molecule has 1 radical (unpaired) electrons. The Labute approximate surface area is 62.7 Å². The van der Waals surface area contributed by atoms with Crippen molar-refractivity contribution in [3.63, 3.8) is 0 Å². The summed E-state index contributed by atoms with van der Waals surface area (Å²) in [6, 6.07) is 5.97. The van der Waals surface area contributed by atoms with E-state index < -0.39 is 0 Å². The highest BCUT2D eigenvalue weighted by Gasteiger charge is 1.94. The third kappa shape index (κ3) is 0.902. The molecule has 2 aromatic rings. The van der Waals surface area contributed by atoms with Gasteiger partial charge in [0.05, 0.1) is 11.5 Å². The Hall–Kier alpha value is -1.64. The third-order valence-corrected chi connectivity index (χ3v) is 1.46. The summed E-state index contributed by atoms with van der Waals surface area (Å²) in [4.78, 5) is 17.9. The molecule has 0 aromatic carbocycles. The molecular formula is C8H5N2O. The zero-order valence-electron chi connectivity index (χ0n) is 5.66. The smallest absolute Gasteiger partial charge is 0.199 e. The van der Waals surface area contributed by atoms with Crippen LogP contribution in [0.5, 0.6) is 0 Å². The van der Waals surface area contributed by atoms with Crippen molar-refractivity contribution >= 4 is 11.0 Å². The minimum Gasteiger partial charge on any atom is -0.345 e. The molecule has 3 heteroatoms. The van der Waals surface area contributed by atoms with Crippen LogP contribution in [0, 0.1) is 6.07 Å². The molecule has 0 bridgehead atoms. The quantitative estimate of drug-likeness (QED) is 0.593. The maximum atomic E-state index is 11.1. The number of aromatic nitrogens is 2. The topological polar surface area (TPSA) is 45.8 Å². The van der Waals surface area contributed by atoms with Gasteiger partial charge in [-0.2, -0.15) is 0 Å². The van der Waals surface area contributed by atoms with Gasteiger partial charge in [0.2, 0.25) is 0 Å². The van der Waals surface area contributed by atoms with Crippen LogP contribution < -0.4 is 5.43 Å². The van der Waals surface area contributed by atoms with E-state index in [1.165, 1.54) is 6.20 Å². The average Bonchev–Trinajstić information content (AvgIpc) is 2.06. The molecule has 3 nitrogen and oxygen atoms in total. The Morgan fingerprint density at radius 1 is 1.55 bits per heavy atom. The van der Waals surface area contributed by atoms with Crippen LogP contribution in [0.2, 0.25) is 0 Å². The first-order chi connectivity index (χ1) is 5.38. The van der Waals surface area contributed by atoms with E-state index in [0.29, 0.717) is 11.0 Å². The van der Waals surface area contributed by atoms with Crippen molar-refractivity contribution in [2.45, 2.75) is 0 Å². The van der Waals surface area contributed by atoms with Crippen LogP contribution in [-0.2, 0) is 0 Å². The molecule has 0 spiro atoms. The van der Waals surface area contributed by atoms with E-state index in [2.05, 4.69) is 16.0 Å². The van der Waals surface area contributed by atoms with Crippen molar-refractivity contribution in [3.8, 4) is 0 Å². The third-order valence-electron chi connectivity index (χ3n) is 1.46. The fourth-order valence-corrected chi connectivity index (χ4v) is 0.951. The summed E-state index contributed by atoms with van der Waals surface area (Å²) < 4.78 is 0. The van der Waals surface area contributed by atoms with Gasteiger partial charge in [0.25, 0.3) is 0 Å². The average molecular weight is 145 g/mol. The van der Waals surface area contributed by atoms with Crippen molar-refractivity contribution < 1.29 is 0 Å². The molecular weight excluding hydrogens is 140 g/mol. The highest BCUT2D eigenvalue weighted by atomic mass is 16.1. The Bertz CT molecular complexity index is 428. The Kier molecular flexibility index (Phi) is 1.22. The molecule has 1 N–H and O–H groups in total. The van der Waals surface area contributed by atoms with Gasteiger partial charge in [-0.3, -0.25) is 4.79 Å². The van der Waals surface area contributed by atoms with Crippen LogP contribution in [0.4, 0.5) is 0 Å². The lowest BCUT2D eigenvalue weighted by atomic mass is 10.3. The van der Waals surface area contributed by atoms with Crippen LogP contribution in [-0.4, -0.2) is 9.97 Å². The molecule has 0 fully saturated rings. The molecule has 0 aliphatic heterocycles. The largest absolute Gasteiger partial charge is 0.345 e. The van der Waals surface area contributed by atoms with Gasteiger partial charge in [-0.15, -0.1) is 0 Å². The van der Waals surface area contributed by atoms with Gasteiger partial charge in [0, 0.05) is 12.4 Å². The number of rotatable bonds is 0. The van der Waals surface area contributed by atoms with E-state index in [1.807, 2.05) is 0 Å². The Morgan fingerprint density at radius 2 is 2.45 bits per heavy atom. The van der Waals surface area contributed by atoms with Crippen molar-refractivity contribution in [1.82, 2.24) is 9.97 Å². The minimum absolute atomic E-state index is 0.119. The first-order valence-corrected chi connectivity index (χ1v) is 3.22. The summed E-state index contributed by atoms with van der Waals surface area (Å²) in [5, 5.41) is 0.579. The molecule has 2 heterocycles. The molecule has 0 amide bonds. The van der Waals surface area contributed by atoms with E-state index >= 15 is 0 Å². The molecule has 2 aromatic heterocycles. The summed E-state index contributed by atoms with van der Waals surface area (Å²) in [6.45, 7) is 0. The van der Waals surface area contributed by atoms with Crippen LogP contribution in [0.1, 0.15) is 0 Å². The standard InChI is InChI=1S/C8H5N2O/c11-7-3-5-10-8-6(7)2-1-4-9-8/h1-2,4-5H,(H,9,10,11). The number of nitrogens with zero attached hydrogens (tertiary/aromatic N) is 1. The van der Waals surface area contributed by atoms with E-state index in [1.54, 1.807) is 18.3 Å². The van der Waals surface area contributed by atoms with Crippen molar-refractivity contribution in [2.24, 2.45) is 0 Å². The van der Waals surface area contributed by atoms with Crippen LogP contribution in [0.15, 0.2) is 29.3 Å². The lowest BCUT2D eigenvalue weighted by molar-refractivity contribution is 1.27. The lowest BCUT2D eigenvalue weighted by Crippen LogP contribution is -2.00. The number of fused-ring (bicyclic) bond motifs is 1. The molecule has 53 valence electrons. The second-order valence-electron chi connectivity index (χ2n) is 2.16. The van der Waals surface area contributed by atoms with Gasteiger partial charge in [-0.05, 0) is 12.1 Å². The van der Waals surface area contributed by atoms with E-state index in [4.69, 9.17) is 0 Å². The van der Waals surface area contributed by atoms with Gasteiger partial charge < -0.3 is 4.98 Å². The van der Waals surface area contributed by atoms with Gasteiger partial charge in [0.15, 0.2) is 5.43 Å². The van der Waals surface area contributed by atoms with E-state index in [0.717, 1.165) is 0 Å². The molecule has 0 aliphatic rings. The number of aromatic amines is 1. The minimum atomic E-state index is -0.119. The van der Waals surface area contributed by atoms with Crippen molar-refractivity contribution in [2.75, 3.05) is 0 Å². The van der Waals surface area contributed by atoms with E-state index in [-0.39, 0.29) is 5.43 Å². The first kappa shape index (κ1) is 6.09. The number of pyridine rings is 2. The summed E-state index contributed by atoms with van der Waals surface area (Å²) in [7, 11) is 0. The molecule has 0 saturated heterocycles. The molecule has 0 saturated carbocycles. The highest BCUT2D eigenvalue weighted by Crippen LogP contribution is 1.98. The van der Waals surface area contributed by atoms with Gasteiger partial charge >= 0.3 is 0 Å². The normalized spacial score (nSPS) is 10.2. The number of hydrogen-bond donors (Lipinski definition) is 1. The summed E-state index contributed by atoms with van der Waals surface area (Å²) in [5.74, 6) is 0. The van der Waals surface area contributed by atoms with Gasteiger partial charge in [0.1, 0.15) is 5.65 Å². The van der Waals surface area contributed by atoms with Gasteiger partial charge in [-0.25, -0.2) is 4.98 Å². The number of hydrogen-bond acceptors (Lipinski definition) is 2. The van der Waals surface area contributed by atoms with Crippen LogP contribution in [0.25, 0.3) is 11.0 Å². The lowest BCUT2D eigenvalue weighted by Gasteiger charge is -1.91. The predicted molar refractivity (Wildman–Crippen MR) is 41.2 cm³/mol. The SMILES string of the molecule is O=c1[c]c[nH]c2ncccc12. The zero-order valence-corrected chi connectivity index (χ0v) is 5.66. The maximum Gasteiger partial charge on any atom is 0.199 e. The molecule has 0 unspecified atom stereocenters. The predicted octanol–water partition coefficient (Wildman–Crippen LogP) is 0.723. The Morgan fingerprint density at radius 3 is 3.27 bits per heavy atom. The van der Waals surface area contributed by atoms with Crippen LogP contribution >= 0.6 is 0 Å². The van der Waals surface area contributed by atoms with Gasteiger partial charge in [-0.1, -0.05) is 0 Å². The first-order valence-electron chi connectivity index (χ1n) is 3.22. The van der Waals surface area contributed by atoms with E-state index in [9.17, 15) is 4.79 Å². The molecule has 0 atom stereocenters. The molecule has 11 heavy (non-hydrogen) atoms. The highest BCUT2D eigenvalue weighted by molar-refractivity contribution is 5.73. The summed E-state index contributed by atoms with van der Waals surface area (Å²) >= 11 is 0. The van der Waals surface area contributed by atoms with Crippen molar-refractivity contribution in [1.29, 1.82) is 0 Å². The van der Waals surface area contributed by atoms with Crippen LogP contribution in [0.3, 0.4) is 0 Å². The summed E-state index contributed by atoms with van der Waals surface area (Å²) in [5.41, 5.74) is 0.489. The molecule has 0 aliphatic carbocycles. The number of H-pyrrole nitrogens is 1. The Balaban J connectivity index is 3.03. The second kappa shape index (κ2) is 2.20. The molecule has 2 rings (SSSR count). The maximum absolute atomic E-state index is 11.1. The summed E-state index contributed by atoms with van der Waals surface area (Å²) in [6.07, 6.45) is 3.11. The fraction of sp³-hybridized carbons (Fsp3) is 0. The fourth-order valence-electron chi connectivity index (χ4n) is 0.951. The number of nitrogens with one attached hydrogen (secondary N) is 1. The monoisotopic (exact) mass is 145 g/mol.